The third-order valence-electron chi connectivity index (χ3n) is 4.79. The number of benzene rings is 1. The van der Waals surface area contributed by atoms with Gasteiger partial charge < -0.3 is 15.7 Å². The molecule has 25 heavy (non-hydrogen) atoms. The predicted molar refractivity (Wildman–Crippen MR) is 93.9 cm³/mol. The lowest BCUT2D eigenvalue weighted by molar-refractivity contribution is -0.137. The molecule has 1 aliphatic rings. The standard InChI is InChI=1S/C17H23ClFN3O3/c1-10-11(2)22(7-8-23)6-5-15(10)21-17(25)16(24)20-12-3-4-13(18)14(19)9-12/h3-4,9-11,15,23H,5-8H2,1-2H3,(H,20,24)(H,21,25). The Morgan fingerprint density at radius 1 is 1.36 bits per heavy atom. The number of hydrogen-bond donors (Lipinski definition) is 3. The highest BCUT2D eigenvalue weighted by Crippen LogP contribution is 2.23. The molecule has 1 saturated heterocycles. The number of β-amino-alcohol motifs (C(OH)–C–C–N with tert-alkyl or cyclic N) is 1. The first-order chi connectivity index (χ1) is 11.8. The van der Waals surface area contributed by atoms with Crippen LogP contribution in [0.3, 0.4) is 0 Å². The van der Waals surface area contributed by atoms with E-state index in [0.717, 1.165) is 12.6 Å². The second kappa shape index (κ2) is 8.60. The average molecular weight is 372 g/mol. The lowest BCUT2D eigenvalue weighted by atomic mass is 9.87. The highest BCUT2D eigenvalue weighted by atomic mass is 35.5. The topological polar surface area (TPSA) is 81.7 Å². The van der Waals surface area contributed by atoms with E-state index in [-0.39, 0.29) is 35.3 Å². The molecule has 138 valence electrons. The molecule has 0 aromatic heterocycles. The van der Waals surface area contributed by atoms with Crippen LogP contribution in [0.4, 0.5) is 10.1 Å². The lowest BCUT2D eigenvalue weighted by Gasteiger charge is -2.42. The summed E-state index contributed by atoms with van der Waals surface area (Å²) in [4.78, 5) is 26.3. The molecule has 1 aromatic carbocycles. The van der Waals surface area contributed by atoms with Gasteiger partial charge in [0.25, 0.3) is 0 Å². The number of nitrogens with zero attached hydrogens (tertiary/aromatic N) is 1. The van der Waals surface area contributed by atoms with E-state index in [1.54, 1.807) is 0 Å². The average Bonchev–Trinajstić information content (AvgIpc) is 2.57. The van der Waals surface area contributed by atoms with Crippen molar-refractivity contribution in [1.29, 1.82) is 0 Å². The van der Waals surface area contributed by atoms with Crippen LogP contribution >= 0.6 is 11.6 Å². The van der Waals surface area contributed by atoms with E-state index >= 15 is 0 Å². The van der Waals surface area contributed by atoms with Gasteiger partial charge in [-0.25, -0.2) is 4.39 Å². The largest absolute Gasteiger partial charge is 0.395 e. The molecule has 2 amide bonds. The van der Waals surface area contributed by atoms with E-state index in [1.165, 1.54) is 12.1 Å². The summed E-state index contributed by atoms with van der Waals surface area (Å²) in [5.74, 6) is -2.14. The third-order valence-corrected chi connectivity index (χ3v) is 5.09. The van der Waals surface area contributed by atoms with Gasteiger partial charge in [-0.05, 0) is 37.5 Å². The number of rotatable bonds is 4. The van der Waals surface area contributed by atoms with Gasteiger partial charge in [0.2, 0.25) is 0 Å². The van der Waals surface area contributed by atoms with Crippen LogP contribution in [0.1, 0.15) is 20.3 Å². The van der Waals surface area contributed by atoms with Crippen LogP contribution in [0.5, 0.6) is 0 Å². The van der Waals surface area contributed by atoms with Gasteiger partial charge in [0.1, 0.15) is 5.82 Å². The highest BCUT2D eigenvalue weighted by molar-refractivity contribution is 6.39. The Labute approximate surface area is 151 Å². The van der Waals surface area contributed by atoms with Gasteiger partial charge >= 0.3 is 11.8 Å². The Hall–Kier alpha value is -1.70. The number of aliphatic hydroxyl groups is 1. The van der Waals surface area contributed by atoms with Crippen molar-refractivity contribution in [3.63, 3.8) is 0 Å². The molecule has 3 N–H and O–H groups in total. The molecule has 1 fully saturated rings. The first-order valence-corrected chi connectivity index (χ1v) is 8.63. The molecule has 0 saturated carbocycles. The number of carbonyl (C=O) groups is 2. The van der Waals surface area contributed by atoms with Crippen molar-refractivity contribution in [2.75, 3.05) is 25.0 Å². The SMILES string of the molecule is CC1C(NC(=O)C(=O)Nc2ccc(Cl)c(F)c2)CCN(CCO)C1C. The van der Waals surface area contributed by atoms with Gasteiger partial charge in [-0.3, -0.25) is 14.5 Å². The summed E-state index contributed by atoms with van der Waals surface area (Å²) >= 11 is 5.59. The molecule has 1 aromatic rings. The fourth-order valence-electron chi connectivity index (χ4n) is 3.08. The van der Waals surface area contributed by atoms with E-state index in [2.05, 4.69) is 15.5 Å². The molecular weight excluding hydrogens is 349 g/mol. The molecule has 8 heteroatoms. The Morgan fingerprint density at radius 2 is 2.08 bits per heavy atom. The van der Waals surface area contributed by atoms with Gasteiger partial charge in [-0.2, -0.15) is 0 Å². The number of carbonyl (C=O) groups excluding carboxylic acids is 2. The molecule has 3 unspecified atom stereocenters. The summed E-state index contributed by atoms with van der Waals surface area (Å²) in [6, 6.07) is 3.84. The first-order valence-electron chi connectivity index (χ1n) is 8.25. The van der Waals surface area contributed by atoms with E-state index in [9.17, 15) is 14.0 Å². The van der Waals surface area contributed by atoms with Gasteiger partial charge in [-0.1, -0.05) is 18.5 Å². The molecule has 2 rings (SSSR count). The van der Waals surface area contributed by atoms with Gasteiger partial charge in [-0.15, -0.1) is 0 Å². The summed E-state index contributed by atoms with van der Waals surface area (Å²) < 4.78 is 13.4. The molecule has 6 nitrogen and oxygen atoms in total. The van der Waals surface area contributed by atoms with E-state index in [0.29, 0.717) is 13.0 Å². The van der Waals surface area contributed by atoms with Crippen molar-refractivity contribution in [2.45, 2.75) is 32.4 Å². The van der Waals surface area contributed by atoms with Crippen LogP contribution in [0.25, 0.3) is 0 Å². The van der Waals surface area contributed by atoms with E-state index < -0.39 is 17.6 Å². The minimum Gasteiger partial charge on any atom is -0.395 e. The normalized spacial score (nSPS) is 24.0. The second-order valence-corrected chi connectivity index (χ2v) is 6.72. The summed E-state index contributed by atoms with van der Waals surface area (Å²) in [5, 5.41) is 14.1. The third kappa shape index (κ3) is 4.90. The Bertz CT molecular complexity index is 644. The summed E-state index contributed by atoms with van der Waals surface area (Å²) in [6.07, 6.45) is 0.695. The molecule has 0 aliphatic carbocycles. The molecule has 0 radical (unpaired) electrons. The Balaban J connectivity index is 1.92. The minimum absolute atomic E-state index is 0.0556. The number of piperidine rings is 1. The van der Waals surface area contributed by atoms with Gasteiger partial charge in [0.05, 0.1) is 11.6 Å². The van der Waals surface area contributed by atoms with Crippen molar-refractivity contribution in [2.24, 2.45) is 5.92 Å². The number of nitrogens with one attached hydrogen (secondary N) is 2. The van der Waals surface area contributed by atoms with Crippen LogP contribution in [0.2, 0.25) is 5.02 Å². The fourth-order valence-corrected chi connectivity index (χ4v) is 3.20. The van der Waals surface area contributed by atoms with Crippen LogP contribution in [0, 0.1) is 11.7 Å². The minimum atomic E-state index is -0.848. The van der Waals surface area contributed by atoms with Crippen molar-refractivity contribution < 1.29 is 19.1 Å². The second-order valence-electron chi connectivity index (χ2n) is 6.31. The zero-order valence-corrected chi connectivity index (χ0v) is 15.0. The number of anilines is 1. The maximum Gasteiger partial charge on any atom is 0.313 e. The van der Waals surface area contributed by atoms with Crippen molar-refractivity contribution in [1.82, 2.24) is 10.2 Å². The highest BCUT2D eigenvalue weighted by Gasteiger charge is 2.33. The molecule has 1 aliphatic heterocycles. The maximum atomic E-state index is 13.4. The predicted octanol–water partition coefficient (Wildman–Crippen LogP) is 1.62. The molecule has 3 atom stereocenters. The van der Waals surface area contributed by atoms with Crippen LogP contribution in [0.15, 0.2) is 18.2 Å². The van der Waals surface area contributed by atoms with Crippen molar-refractivity contribution >= 4 is 29.1 Å². The Morgan fingerprint density at radius 3 is 2.72 bits per heavy atom. The number of amides is 2. The molecule has 0 bridgehead atoms. The van der Waals surface area contributed by atoms with Gasteiger partial charge in [0, 0.05) is 30.9 Å². The van der Waals surface area contributed by atoms with Crippen molar-refractivity contribution in [3.05, 3.63) is 29.0 Å². The summed E-state index contributed by atoms with van der Waals surface area (Å²) in [7, 11) is 0. The summed E-state index contributed by atoms with van der Waals surface area (Å²) in [6.45, 7) is 5.46. The van der Waals surface area contributed by atoms with Gasteiger partial charge in [0.15, 0.2) is 0 Å². The van der Waals surface area contributed by atoms with Crippen molar-refractivity contribution in [3.8, 4) is 0 Å². The summed E-state index contributed by atoms with van der Waals surface area (Å²) in [5.41, 5.74) is 0.168. The number of aliphatic hydroxyl groups excluding tert-OH is 1. The number of halogens is 2. The van der Waals surface area contributed by atoms with E-state index in [1.807, 2.05) is 13.8 Å². The number of hydrogen-bond acceptors (Lipinski definition) is 4. The molecule has 0 spiro atoms. The lowest BCUT2D eigenvalue weighted by Crippen LogP contribution is -2.56. The monoisotopic (exact) mass is 371 g/mol. The number of likely N-dealkylation sites (tertiary alicyclic amines) is 1. The smallest absolute Gasteiger partial charge is 0.313 e. The van der Waals surface area contributed by atoms with Crippen LogP contribution in [-0.4, -0.2) is 53.6 Å². The molecule has 1 heterocycles. The first kappa shape index (κ1) is 19.6. The van der Waals surface area contributed by atoms with Crippen LogP contribution in [-0.2, 0) is 9.59 Å². The fraction of sp³-hybridized carbons (Fsp3) is 0.529. The quantitative estimate of drug-likeness (QED) is 0.702. The Kier molecular flexibility index (Phi) is 6.75. The zero-order valence-electron chi connectivity index (χ0n) is 14.3. The van der Waals surface area contributed by atoms with E-state index in [4.69, 9.17) is 16.7 Å². The zero-order chi connectivity index (χ0) is 18.6. The molecular formula is C17H23ClFN3O3. The van der Waals surface area contributed by atoms with Crippen LogP contribution < -0.4 is 10.6 Å². The maximum absolute atomic E-state index is 13.4.